The molecule has 0 spiro atoms. The van der Waals surface area contributed by atoms with Crippen LogP contribution in [0.15, 0.2) is 41.1 Å². The average molecular weight is 367 g/mol. The molecule has 3 N–H and O–H groups in total. The lowest BCUT2D eigenvalue weighted by Crippen LogP contribution is -2.15. The predicted molar refractivity (Wildman–Crippen MR) is 92.1 cm³/mol. The lowest BCUT2D eigenvalue weighted by molar-refractivity contribution is -0.113. The van der Waals surface area contributed by atoms with E-state index in [2.05, 4.69) is 20.5 Å². The molecule has 3 aromatic rings. The molecular weight excluding hydrogens is 356 g/mol. The summed E-state index contributed by atoms with van der Waals surface area (Å²) in [5.41, 5.74) is 1.73. The number of benzene rings is 1. The van der Waals surface area contributed by atoms with Crippen LogP contribution in [0.2, 0.25) is 5.02 Å². The summed E-state index contributed by atoms with van der Waals surface area (Å²) in [6, 6.07) is 7.36. The fourth-order valence-electron chi connectivity index (χ4n) is 1.71. The maximum Gasteiger partial charge on any atom is 0.236 e. The maximum absolute atomic E-state index is 11.9. The molecule has 0 atom stereocenters. The Hall–Kier alpha value is -2.10. The van der Waals surface area contributed by atoms with Gasteiger partial charge in [0.25, 0.3) is 0 Å². The third-order valence-corrected chi connectivity index (χ3v) is 4.73. The summed E-state index contributed by atoms with van der Waals surface area (Å²) in [5, 5.41) is 13.7. The van der Waals surface area contributed by atoms with Crippen LogP contribution in [0.3, 0.4) is 0 Å². The van der Waals surface area contributed by atoms with Crippen LogP contribution in [0.5, 0.6) is 0 Å². The Morgan fingerprint density at radius 2 is 2.17 bits per heavy atom. The zero-order chi connectivity index (χ0) is 16.2. The molecule has 0 saturated heterocycles. The highest BCUT2D eigenvalue weighted by atomic mass is 35.5. The van der Waals surface area contributed by atoms with Crippen molar-refractivity contribution >= 4 is 45.7 Å². The molecule has 0 radical (unpaired) electrons. The largest absolute Gasteiger partial charge is 0.336 e. The van der Waals surface area contributed by atoms with E-state index in [0.717, 1.165) is 11.3 Å². The van der Waals surface area contributed by atoms with Crippen molar-refractivity contribution in [1.82, 2.24) is 19.9 Å². The normalized spacial score (nSPS) is 10.7. The number of carbonyl (C=O) groups is 1. The van der Waals surface area contributed by atoms with E-state index < -0.39 is 0 Å². The topological polar surface area (TPSA) is 98.7 Å². The average Bonchev–Trinajstić information content (AvgIpc) is 3.15. The van der Waals surface area contributed by atoms with Gasteiger partial charge in [-0.3, -0.25) is 4.79 Å². The van der Waals surface area contributed by atoms with E-state index in [4.69, 9.17) is 17.4 Å². The van der Waals surface area contributed by atoms with Crippen LogP contribution in [0.1, 0.15) is 0 Å². The number of halogens is 1. The first kappa shape index (κ1) is 15.8. The number of thiazole rings is 1. The van der Waals surface area contributed by atoms with Gasteiger partial charge in [0, 0.05) is 16.0 Å². The number of anilines is 1. The van der Waals surface area contributed by atoms with Gasteiger partial charge in [0.15, 0.2) is 5.13 Å². The van der Waals surface area contributed by atoms with Gasteiger partial charge in [0.05, 0.1) is 11.4 Å². The number of nitrogens with zero attached hydrogens (tertiary/aromatic N) is 4. The molecule has 118 valence electrons. The second kappa shape index (κ2) is 6.99. The van der Waals surface area contributed by atoms with Gasteiger partial charge in [-0.1, -0.05) is 35.5 Å². The molecular formula is C13H11ClN6OS2. The highest BCUT2D eigenvalue weighted by Gasteiger charge is 2.10. The molecule has 23 heavy (non-hydrogen) atoms. The van der Waals surface area contributed by atoms with Crippen molar-refractivity contribution in [2.24, 2.45) is 0 Å². The lowest BCUT2D eigenvalue weighted by atomic mass is 10.2. The number of carbonyl (C=O) groups excluding carboxylic acids is 1. The predicted octanol–water partition coefficient (Wildman–Crippen LogP) is 2.50. The Kier molecular flexibility index (Phi) is 4.79. The summed E-state index contributed by atoms with van der Waals surface area (Å²) < 4.78 is 1.26. The number of thioether (sulfide) groups is 1. The van der Waals surface area contributed by atoms with Crippen LogP contribution in [-0.2, 0) is 4.79 Å². The molecule has 0 fully saturated rings. The lowest BCUT2D eigenvalue weighted by Gasteiger charge is -2.01. The number of rotatable bonds is 5. The molecule has 7 nitrogen and oxygen atoms in total. The number of nitrogen functional groups attached to an aromatic ring is 1. The molecule has 0 unspecified atom stereocenters. The Labute approximate surface area is 144 Å². The molecule has 10 heteroatoms. The van der Waals surface area contributed by atoms with Crippen LogP contribution in [0, 0.1) is 0 Å². The van der Waals surface area contributed by atoms with Gasteiger partial charge in [-0.25, -0.2) is 9.66 Å². The quantitative estimate of drug-likeness (QED) is 0.531. The van der Waals surface area contributed by atoms with Crippen molar-refractivity contribution in [3.05, 3.63) is 41.0 Å². The van der Waals surface area contributed by atoms with Crippen LogP contribution >= 0.6 is 34.7 Å². The molecule has 0 bridgehead atoms. The fourth-order valence-corrected chi connectivity index (χ4v) is 3.20. The van der Waals surface area contributed by atoms with Crippen molar-refractivity contribution in [1.29, 1.82) is 0 Å². The fraction of sp³-hybridized carbons (Fsp3) is 0.0769. The molecule has 0 aliphatic rings. The van der Waals surface area contributed by atoms with Crippen molar-refractivity contribution in [3.63, 3.8) is 0 Å². The second-order valence-corrected chi connectivity index (χ2v) is 6.64. The number of hydrogen-bond donors (Lipinski definition) is 2. The zero-order valence-corrected chi connectivity index (χ0v) is 14.0. The van der Waals surface area contributed by atoms with Gasteiger partial charge in [-0.05, 0) is 12.1 Å². The van der Waals surface area contributed by atoms with Crippen LogP contribution in [0.4, 0.5) is 5.13 Å². The van der Waals surface area contributed by atoms with Gasteiger partial charge in [0.2, 0.25) is 11.1 Å². The third-order valence-electron chi connectivity index (χ3n) is 2.76. The molecule has 1 amide bonds. The summed E-state index contributed by atoms with van der Waals surface area (Å²) in [6.07, 6.45) is 1.37. The van der Waals surface area contributed by atoms with Crippen molar-refractivity contribution in [2.75, 3.05) is 16.9 Å². The Balaban J connectivity index is 1.59. The van der Waals surface area contributed by atoms with E-state index in [1.807, 2.05) is 17.5 Å². The minimum atomic E-state index is -0.185. The first-order valence-corrected chi connectivity index (χ1v) is 8.65. The highest BCUT2D eigenvalue weighted by molar-refractivity contribution is 7.99. The monoisotopic (exact) mass is 366 g/mol. The summed E-state index contributed by atoms with van der Waals surface area (Å²) in [6.45, 7) is 0. The van der Waals surface area contributed by atoms with Gasteiger partial charge < -0.3 is 11.2 Å². The smallest absolute Gasteiger partial charge is 0.236 e. The van der Waals surface area contributed by atoms with E-state index in [0.29, 0.717) is 15.3 Å². The van der Waals surface area contributed by atoms with Gasteiger partial charge >= 0.3 is 0 Å². The maximum atomic E-state index is 11.9. The first-order chi connectivity index (χ1) is 11.1. The number of aromatic nitrogens is 4. The Bertz CT molecular complexity index is 816. The molecule has 2 heterocycles. The van der Waals surface area contributed by atoms with Crippen LogP contribution in [-0.4, -0.2) is 31.5 Å². The van der Waals surface area contributed by atoms with Crippen molar-refractivity contribution in [3.8, 4) is 11.3 Å². The summed E-state index contributed by atoms with van der Waals surface area (Å²) >= 11 is 8.42. The summed E-state index contributed by atoms with van der Waals surface area (Å²) in [4.78, 5) is 16.3. The molecule has 0 saturated carbocycles. The van der Waals surface area contributed by atoms with Crippen LogP contribution in [0.25, 0.3) is 11.3 Å². The minimum Gasteiger partial charge on any atom is -0.336 e. The zero-order valence-electron chi connectivity index (χ0n) is 11.6. The molecule has 0 aliphatic heterocycles. The highest BCUT2D eigenvalue weighted by Crippen LogP contribution is 2.26. The second-order valence-electron chi connectivity index (χ2n) is 4.40. The van der Waals surface area contributed by atoms with Gasteiger partial charge in [-0.2, -0.15) is 0 Å². The first-order valence-electron chi connectivity index (χ1n) is 6.41. The van der Waals surface area contributed by atoms with Gasteiger partial charge in [-0.15, -0.1) is 21.5 Å². The Morgan fingerprint density at radius 1 is 1.39 bits per heavy atom. The molecule has 2 aromatic heterocycles. The number of nitrogens with one attached hydrogen (secondary N) is 1. The van der Waals surface area contributed by atoms with E-state index in [1.54, 1.807) is 12.1 Å². The van der Waals surface area contributed by atoms with E-state index in [9.17, 15) is 4.79 Å². The third kappa shape index (κ3) is 4.01. The number of amides is 1. The van der Waals surface area contributed by atoms with Crippen molar-refractivity contribution in [2.45, 2.75) is 5.16 Å². The minimum absolute atomic E-state index is 0.172. The summed E-state index contributed by atoms with van der Waals surface area (Å²) in [7, 11) is 0. The van der Waals surface area contributed by atoms with Crippen molar-refractivity contribution < 1.29 is 4.79 Å². The Morgan fingerprint density at radius 3 is 2.87 bits per heavy atom. The molecule has 1 aromatic carbocycles. The van der Waals surface area contributed by atoms with E-state index >= 15 is 0 Å². The van der Waals surface area contributed by atoms with Crippen LogP contribution < -0.4 is 11.2 Å². The number of hydrogen-bond acceptors (Lipinski definition) is 7. The standard InChI is InChI=1S/C13H11ClN6OS2/c14-9-3-1-8(2-4-9)10-5-22-12(17-10)18-11(21)6-23-13-19-16-7-20(13)15/h1-5,7H,6,15H2,(H,17,18,21). The van der Waals surface area contributed by atoms with E-state index in [1.165, 1.54) is 34.1 Å². The van der Waals surface area contributed by atoms with Gasteiger partial charge in [0.1, 0.15) is 6.33 Å². The summed E-state index contributed by atoms with van der Waals surface area (Å²) in [5.74, 6) is 5.56. The SMILES string of the molecule is Nn1cnnc1SCC(=O)Nc1nc(-c2ccc(Cl)cc2)cs1. The number of nitrogens with two attached hydrogens (primary N) is 1. The molecule has 3 rings (SSSR count). The van der Waals surface area contributed by atoms with E-state index in [-0.39, 0.29) is 11.7 Å². The molecule has 0 aliphatic carbocycles.